The van der Waals surface area contributed by atoms with Crippen molar-refractivity contribution in [1.29, 1.82) is 0 Å². The summed E-state index contributed by atoms with van der Waals surface area (Å²) in [6.07, 6.45) is 3.78. The van der Waals surface area contributed by atoms with E-state index in [2.05, 4.69) is 15.6 Å². The van der Waals surface area contributed by atoms with Crippen LogP contribution in [0.1, 0.15) is 31.7 Å². The highest BCUT2D eigenvalue weighted by Gasteiger charge is 2.37. The van der Waals surface area contributed by atoms with Crippen molar-refractivity contribution in [3.63, 3.8) is 0 Å². The number of aromatic amines is 1. The van der Waals surface area contributed by atoms with Gasteiger partial charge in [-0.25, -0.2) is 4.79 Å². The second-order valence-corrected chi connectivity index (χ2v) is 7.07. The summed E-state index contributed by atoms with van der Waals surface area (Å²) in [5.41, 5.74) is 1.96. The predicted octanol–water partition coefficient (Wildman–Crippen LogP) is 2.59. The molecule has 0 aliphatic carbocycles. The summed E-state index contributed by atoms with van der Waals surface area (Å²) in [7, 11) is 0. The lowest BCUT2D eigenvalue weighted by Crippen LogP contribution is -2.34. The summed E-state index contributed by atoms with van der Waals surface area (Å²) in [6, 6.07) is 4.53. The number of rotatable bonds is 8. The van der Waals surface area contributed by atoms with Crippen LogP contribution in [0.5, 0.6) is 0 Å². The van der Waals surface area contributed by atoms with Crippen molar-refractivity contribution >= 4 is 40.3 Å². The molecule has 1 aliphatic rings. The third-order valence-corrected chi connectivity index (χ3v) is 4.91. The summed E-state index contributed by atoms with van der Waals surface area (Å²) in [5, 5.41) is 7.06. The van der Waals surface area contributed by atoms with Crippen molar-refractivity contribution in [3.05, 3.63) is 35.0 Å². The maximum Gasteiger partial charge on any atom is 0.324 e. The minimum atomic E-state index is -0.637. The molecule has 144 valence electrons. The lowest BCUT2D eigenvalue weighted by Gasteiger charge is -2.12. The van der Waals surface area contributed by atoms with Crippen molar-refractivity contribution in [1.82, 2.24) is 20.5 Å². The van der Waals surface area contributed by atoms with Crippen LogP contribution in [0.25, 0.3) is 10.9 Å². The number of amides is 4. The van der Waals surface area contributed by atoms with Crippen LogP contribution in [-0.4, -0.2) is 46.9 Å². The van der Waals surface area contributed by atoms with Gasteiger partial charge in [0, 0.05) is 41.6 Å². The molecule has 8 heteroatoms. The van der Waals surface area contributed by atoms with Gasteiger partial charge in [-0.1, -0.05) is 18.5 Å². The van der Waals surface area contributed by atoms with Gasteiger partial charge >= 0.3 is 6.03 Å². The Morgan fingerprint density at radius 2 is 2.15 bits per heavy atom. The summed E-state index contributed by atoms with van der Waals surface area (Å²) < 4.78 is 0. The monoisotopic (exact) mass is 390 g/mol. The molecule has 0 saturated carbocycles. The van der Waals surface area contributed by atoms with Crippen molar-refractivity contribution in [2.24, 2.45) is 0 Å². The molecule has 4 amide bonds. The molecular weight excluding hydrogens is 368 g/mol. The van der Waals surface area contributed by atoms with Gasteiger partial charge in [-0.15, -0.1) is 0 Å². The van der Waals surface area contributed by atoms with Crippen molar-refractivity contribution in [2.75, 3.05) is 13.1 Å². The van der Waals surface area contributed by atoms with Gasteiger partial charge in [0.2, 0.25) is 5.91 Å². The van der Waals surface area contributed by atoms with Gasteiger partial charge in [0.05, 0.1) is 0 Å². The lowest BCUT2D eigenvalue weighted by atomic mass is 10.1. The molecule has 0 spiro atoms. The SMILES string of the molecule is CCCNC(=O)CC[C@@H]1NC(=O)N(CCc2c[nH]c3ccc(Cl)cc23)C1=O. The van der Waals surface area contributed by atoms with Gasteiger partial charge < -0.3 is 15.6 Å². The Kier molecular flexibility index (Phi) is 6.01. The van der Waals surface area contributed by atoms with Crippen LogP contribution in [0.15, 0.2) is 24.4 Å². The van der Waals surface area contributed by atoms with Gasteiger partial charge in [-0.3, -0.25) is 14.5 Å². The zero-order chi connectivity index (χ0) is 19.4. The fourth-order valence-corrected chi connectivity index (χ4v) is 3.37. The first-order valence-electron chi connectivity index (χ1n) is 9.13. The number of aromatic nitrogens is 1. The van der Waals surface area contributed by atoms with Crippen LogP contribution in [0, 0.1) is 0 Å². The number of nitrogens with one attached hydrogen (secondary N) is 3. The predicted molar refractivity (Wildman–Crippen MR) is 104 cm³/mol. The third-order valence-electron chi connectivity index (χ3n) is 4.67. The summed E-state index contributed by atoms with van der Waals surface area (Å²) in [6.45, 7) is 2.87. The van der Waals surface area contributed by atoms with Crippen molar-refractivity contribution in [2.45, 2.75) is 38.6 Å². The number of H-pyrrole nitrogens is 1. The highest BCUT2D eigenvalue weighted by molar-refractivity contribution is 6.31. The summed E-state index contributed by atoms with van der Waals surface area (Å²) in [4.78, 5) is 40.7. The average Bonchev–Trinajstić information content (AvgIpc) is 3.16. The zero-order valence-corrected chi connectivity index (χ0v) is 15.9. The molecule has 27 heavy (non-hydrogen) atoms. The molecule has 7 nitrogen and oxygen atoms in total. The van der Waals surface area contributed by atoms with E-state index in [0.29, 0.717) is 24.4 Å². The first-order chi connectivity index (χ1) is 13.0. The van der Waals surface area contributed by atoms with Crippen LogP contribution in [0.2, 0.25) is 5.02 Å². The van der Waals surface area contributed by atoms with E-state index >= 15 is 0 Å². The molecule has 0 radical (unpaired) electrons. The fourth-order valence-electron chi connectivity index (χ4n) is 3.20. The smallest absolute Gasteiger partial charge is 0.324 e. The first-order valence-corrected chi connectivity index (χ1v) is 9.51. The van der Waals surface area contributed by atoms with Crippen molar-refractivity contribution in [3.8, 4) is 0 Å². The van der Waals surface area contributed by atoms with Crippen LogP contribution < -0.4 is 10.6 Å². The Hall–Kier alpha value is -2.54. The molecule has 3 N–H and O–H groups in total. The van der Waals surface area contributed by atoms with E-state index in [9.17, 15) is 14.4 Å². The standard InChI is InChI=1S/C19H23ClN4O3/c1-2-8-21-17(25)6-5-16-18(26)24(19(27)23-16)9-7-12-11-22-15-4-3-13(20)10-14(12)15/h3-4,10-11,16,22H,2,5-9H2,1H3,(H,21,25)(H,23,27)/t16-/m0/s1. The number of urea groups is 1. The molecular formula is C19H23ClN4O3. The topological polar surface area (TPSA) is 94.3 Å². The van der Waals surface area contributed by atoms with E-state index in [4.69, 9.17) is 11.6 Å². The number of fused-ring (bicyclic) bond motifs is 1. The number of carbonyl (C=O) groups excluding carboxylic acids is 3. The number of halogens is 1. The molecule has 0 unspecified atom stereocenters. The van der Waals surface area contributed by atoms with Crippen LogP contribution in [0.4, 0.5) is 4.79 Å². The minimum absolute atomic E-state index is 0.104. The highest BCUT2D eigenvalue weighted by atomic mass is 35.5. The van der Waals surface area contributed by atoms with Gasteiger partial charge in [-0.05, 0) is 43.0 Å². The highest BCUT2D eigenvalue weighted by Crippen LogP contribution is 2.23. The van der Waals surface area contributed by atoms with Crippen molar-refractivity contribution < 1.29 is 14.4 Å². The summed E-state index contributed by atoms with van der Waals surface area (Å²) >= 11 is 6.06. The van der Waals surface area contributed by atoms with Gasteiger partial charge in [0.25, 0.3) is 5.91 Å². The van der Waals surface area contributed by atoms with Gasteiger partial charge in [-0.2, -0.15) is 0 Å². The largest absolute Gasteiger partial charge is 0.361 e. The van der Waals surface area contributed by atoms with E-state index < -0.39 is 12.1 Å². The Morgan fingerprint density at radius 3 is 2.93 bits per heavy atom. The van der Waals surface area contributed by atoms with Gasteiger partial charge in [0.15, 0.2) is 0 Å². The minimum Gasteiger partial charge on any atom is -0.361 e. The van der Waals surface area contributed by atoms with E-state index in [-0.39, 0.29) is 24.8 Å². The average molecular weight is 391 g/mol. The zero-order valence-electron chi connectivity index (χ0n) is 15.2. The molecule has 3 rings (SSSR count). The van der Waals surface area contributed by atoms with E-state index in [1.54, 1.807) is 0 Å². The Balaban J connectivity index is 1.57. The lowest BCUT2D eigenvalue weighted by molar-refractivity contribution is -0.127. The molecule has 1 aromatic carbocycles. The second kappa shape index (κ2) is 8.43. The van der Waals surface area contributed by atoms with E-state index in [1.165, 1.54) is 4.90 Å². The normalized spacial score (nSPS) is 16.8. The van der Waals surface area contributed by atoms with E-state index in [0.717, 1.165) is 22.9 Å². The molecule has 1 atom stereocenters. The molecule has 2 aromatic rings. The van der Waals surface area contributed by atoms with Crippen LogP contribution in [-0.2, 0) is 16.0 Å². The molecule has 2 heterocycles. The van der Waals surface area contributed by atoms with Crippen LogP contribution >= 0.6 is 11.6 Å². The number of benzene rings is 1. The molecule has 1 saturated heterocycles. The Labute approximate surface area is 162 Å². The quantitative estimate of drug-likeness (QED) is 0.604. The maximum atomic E-state index is 12.5. The fraction of sp³-hybridized carbons (Fsp3) is 0.421. The second-order valence-electron chi connectivity index (χ2n) is 6.63. The third kappa shape index (κ3) is 4.42. The van der Waals surface area contributed by atoms with Crippen LogP contribution in [0.3, 0.4) is 0 Å². The first kappa shape index (κ1) is 19.2. The summed E-state index contributed by atoms with van der Waals surface area (Å²) in [5.74, 6) is -0.380. The number of nitrogens with zero attached hydrogens (tertiary/aromatic N) is 1. The molecule has 1 fully saturated rings. The number of carbonyl (C=O) groups is 3. The molecule has 0 bridgehead atoms. The maximum absolute atomic E-state index is 12.5. The Morgan fingerprint density at radius 1 is 1.33 bits per heavy atom. The molecule has 1 aromatic heterocycles. The number of hydrogen-bond acceptors (Lipinski definition) is 3. The molecule has 1 aliphatic heterocycles. The Bertz CT molecular complexity index is 864. The van der Waals surface area contributed by atoms with Gasteiger partial charge in [0.1, 0.15) is 6.04 Å². The number of hydrogen-bond donors (Lipinski definition) is 3. The number of imide groups is 1. The van der Waals surface area contributed by atoms with E-state index in [1.807, 2.05) is 31.3 Å².